The number of anilines is 1. The summed E-state index contributed by atoms with van der Waals surface area (Å²) in [5.74, 6) is 1.44. The second-order valence-electron chi connectivity index (χ2n) is 8.93. The number of amides is 1. The highest BCUT2D eigenvalue weighted by atomic mass is 19.1. The van der Waals surface area contributed by atoms with Crippen molar-refractivity contribution in [3.8, 4) is 5.75 Å². The Morgan fingerprint density at radius 3 is 2.73 bits per heavy atom. The third kappa shape index (κ3) is 5.79. The number of carbonyl (C=O) groups excluding carboxylic acids is 1. The molecule has 0 unspecified atom stereocenters. The highest BCUT2D eigenvalue weighted by Gasteiger charge is 2.35. The molecule has 3 aromatic rings. The molecule has 2 aromatic carbocycles. The van der Waals surface area contributed by atoms with Crippen molar-refractivity contribution >= 4 is 11.7 Å². The number of benzene rings is 2. The Morgan fingerprint density at radius 2 is 2.00 bits per heavy atom. The molecule has 2 heterocycles. The lowest BCUT2D eigenvalue weighted by Crippen LogP contribution is -2.31. The fourth-order valence-corrected chi connectivity index (χ4v) is 4.41. The number of nitrogens with zero attached hydrogens (tertiary/aromatic N) is 2. The first-order valence-electron chi connectivity index (χ1n) is 11.3. The Balaban J connectivity index is 1.41. The van der Waals surface area contributed by atoms with Gasteiger partial charge in [0.2, 0.25) is 0 Å². The number of nitrogens with one attached hydrogen (secondary N) is 1. The molecule has 0 spiro atoms. The van der Waals surface area contributed by atoms with Crippen LogP contribution in [0.4, 0.5) is 10.2 Å². The van der Waals surface area contributed by atoms with Gasteiger partial charge in [-0.15, -0.1) is 0 Å². The van der Waals surface area contributed by atoms with Crippen molar-refractivity contribution in [3.05, 3.63) is 77.7 Å². The average molecular weight is 452 g/mol. The minimum Gasteiger partial charge on any atom is -0.484 e. The van der Waals surface area contributed by atoms with E-state index in [9.17, 15) is 9.18 Å². The molecule has 174 valence electrons. The van der Waals surface area contributed by atoms with E-state index in [1.165, 1.54) is 6.07 Å². The molecular weight excluding hydrogens is 421 g/mol. The third-order valence-electron chi connectivity index (χ3n) is 6.14. The number of rotatable bonds is 7. The number of halogens is 1. The smallest absolute Gasteiger partial charge is 0.263 e. The fraction of sp³-hybridized carbons (Fsp3) is 0.385. The monoisotopic (exact) mass is 451 g/mol. The highest BCUT2D eigenvalue weighted by molar-refractivity contribution is 5.90. The Hall–Kier alpha value is -3.19. The predicted octanol–water partition coefficient (Wildman–Crippen LogP) is 5.09. The minimum absolute atomic E-state index is 0.0827. The largest absolute Gasteiger partial charge is 0.484 e. The van der Waals surface area contributed by atoms with Crippen molar-refractivity contribution in [3.63, 3.8) is 0 Å². The average Bonchev–Trinajstić information content (AvgIpc) is 3.21. The first-order chi connectivity index (χ1) is 15.9. The van der Waals surface area contributed by atoms with Crippen molar-refractivity contribution < 1.29 is 18.7 Å². The lowest BCUT2D eigenvalue weighted by Gasteiger charge is -2.39. The summed E-state index contributed by atoms with van der Waals surface area (Å²) in [4.78, 5) is 12.2. The molecule has 6 nitrogen and oxygen atoms in total. The Morgan fingerprint density at radius 1 is 1.21 bits per heavy atom. The molecule has 1 aromatic heterocycles. The standard InChI is InChI=1S/C26H30FN3O3/c1-17(2)23-14-20(18-6-4-8-21(27)12-18)15-33-26(23)19-7-5-9-22(13-19)32-16-25(31)28-24-10-11-30(3)29-24/h4-13,17,20,23,26H,14-16H2,1-3H3,(H,28,29,31)/t20-,23-,26-/m0/s1. The second-order valence-corrected chi connectivity index (χ2v) is 8.93. The van der Waals surface area contributed by atoms with Gasteiger partial charge in [-0.2, -0.15) is 5.10 Å². The van der Waals surface area contributed by atoms with Crippen LogP contribution in [0.1, 0.15) is 43.4 Å². The van der Waals surface area contributed by atoms with Gasteiger partial charge >= 0.3 is 0 Å². The highest BCUT2D eigenvalue weighted by Crippen LogP contribution is 2.44. The summed E-state index contributed by atoms with van der Waals surface area (Å²) in [6.45, 7) is 4.81. The van der Waals surface area contributed by atoms with Gasteiger partial charge in [0.05, 0.1) is 12.7 Å². The summed E-state index contributed by atoms with van der Waals surface area (Å²) in [5.41, 5.74) is 2.00. The number of carbonyl (C=O) groups is 1. The molecule has 0 bridgehead atoms. The molecule has 33 heavy (non-hydrogen) atoms. The summed E-state index contributed by atoms with van der Waals surface area (Å²) in [5, 5.41) is 6.84. The maximum absolute atomic E-state index is 13.7. The van der Waals surface area contributed by atoms with E-state index in [1.54, 1.807) is 36.1 Å². The second kappa shape index (κ2) is 10.2. The maximum Gasteiger partial charge on any atom is 0.263 e. The Bertz CT molecular complexity index is 1100. The van der Waals surface area contributed by atoms with Gasteiger partial charge in [-0.05, 0) is 53.6 Å². The minimum atomic E-state index is -0.272. The molecule has 0 radical (unpaired) electrons. The van der Waals surface area contributed by atoms with Crippen molar-refractivity contribution in [1.82, 2.24) is 9.78 Å². The van der Waals surface area contributed by atoms with Crippen LogP contribution < -0.4 is 10.1 Å². The van der Waals surface area contributed by atoms with E-state index in [4.69, 9.17) is 9.47 Å². The molecule has 0 aliphatic carbocycles. The summed E-state index contributed by atoms with van der Waals surface area (Å²) in [6.07, 6.45) is 2.60. The summed E-state index contributed by atoms with van der Waals surface area (Å²) < 4.78 is 27.4. The van der Waals surface area contributed by atoms with E-state index in [1.807, 2.05) is 30.3 Å². The van der Waals surface area contributed by atoms with Crippen molar-refractivity contribution in [2.45, 2.75) is 32.3 Å². The Labute approximate surface area is 193 Å². The van der Waals surface area contributed by atoms with Gasteiger partial charge in [-0.25, -0.2) is 4.39 Å². The summed E-state index contributed by atoms with van der Waals surface area (Å²) in [7, 11) is 1.79. The molecule has 4 rings (SSSR count). The van der Waals surface area contributed by atoms with E-state index in [2.05, 4.69) is 24.3 Å². The molecule has 1 fully saturated rings. The summed E-state index contributed by atoms with van der Waals surface area (Å²) >= 11 is 0. The van der Waals surface area contributed by atoms with Crippen molar-refractivity contribution in [1.29, 1.82) is 0 Å². The van der Waals surface area contributed by atoms with Gasteiger partial charge in [0.25, 0.3) is 5.91 Å². The maximum atomic E-state index is 13.7. The molecule has 1 N–H and O–H groups in total. The van der Waals surface area contributed by atoms with Gasteiger partial charge in [-0.3, -0.25) is 9.48 Å². The normalized spacial score (nSPS) is 20.6. The molecule has 3 atom stereocenters. The number of aromatic nitrogens is 2. The van der Waals surface area contributed by atoms with Crippen LogP contribution in [-0.2, 0) is 16.6 Å². The van der Waals surface area contributed by atoms with Crippen LogP contribution in [0, 0.1) is 17.7 Å². The van der Waals surface area contributed by atoms with Crippen LogP contribution in [0.25, 0.3) is 0 Å². The Kier molecular flexibility index (Phi) is 7.08. The number of hydrogen-bond donors (Lipinski definition) is 1. The van der Waals surface area contributed by atoms with Crippen molar-refractivity contribution in [2.24, 2.45) is 18.9 Å². The first-order valence-corrected chi connectivity index (χ1v) is 11.3. The van der Waals surface area contributed by atoms with E-state index in [-0.39, 0.29) is 36.3 Å². The van der Waals surface area contributed by atoms with Crippen LogP contribution in [0.2, 0.25) is 0 Å². The van der Waals surface area contributed by atoms with Crippen LogP contribution in [0.15, 0.2) is 60.8 Å². The van der Waals surface area contributed by atoms with Crippen LogP contribution in [0.3, 0.4) is 0 Å². The van der Waals surface area contributed by atoms with Gasteiger partial charge in [0, 0.05) is 25.2 Å². The molecule has 7 heteroatoms. The fourth-order valence-electron chi connectivity index (χ4n) is 4.41. The van der Waals surface area contributed by atoms with E-state index >= 15 is 0 Å². The molecule has 1 saturated heterocycles. The summed E-state index contributed by atoms with van der Waals surface area (Å²) in [6, 6.07) is 16.3. The molecule has 1 aliphatic heterocycles. The van der Waals surface area contributed by atoms with Gasteiger partial charge in [0.1, 0.15) is 11.6 Å². The third-order valence-corrected chi connectivity index (χ3v) is 6.14. The zero-order chi connectivity index (χ0) is 23.4. The SMILES string of the molecule is CC(C)[C@@H]1C[C@H](c2cccc(F)c2)CO[C@H]1c1cccc(OCC(=O)Nc2ccn(C)n2)c1. The quantitative estimate of drug-likeness (QED) is 0.543. The zero-order valence-electron chi connectivity index (χ0n) is 19.2. The van der Waals surface area contributed by atoms with Gasteiger partial charge < -0.3 is 14.8 Å². The molecule has 0 saturated carbocycles. The van der Waals surface area contributed by atoms with Crippen molar-refractivity contribution in [2.75, 3.05) is 18.5 Å². The zero-order valence-corrected chi connectivity index (χ0v) is 19.2. The predicted molar refractivity (Wildman–Crippen MR) is 125 cm³/mol. The number of hydrogen-bond acceptors (Lipinski definition) is 4. The van der Waals surface area contributed by atoms with E-state index in [0.29, 0.717) is 24.1 Å². The first kappa shape index (κ1) is 23.0. The molecule has 1 aliphatic rings. The van der Waals surface area contributed by atoms with Crippen LogP contribution in [-0.4, -0.2) is 28.9 Å². The topological polar surface area (TPSA) is 65.4 Å². The van der Waals surface area contributed by atoms with E-state index in [0.717, 1.165) is 17.5 Å². The number of ether oxygens (including phenoxy) is 2. The lowest BCUT2D eigenvalue weighted by molar-refractivity contribution is -0.118. The molecule has 1 amide bonds. The van der Waals surface area contributed by atoms with E-state index < -0.39 is 0 Å². The van der Waals surface area contributed by atoms with Gasteiger partial charge in [0.15, 0.2) is 12.4 Å². The van der Waals surface area contributed by atoms with Gasteiger partial charge in [-0.1, -0.05) is 38.1 Å². The number of aryl methyl sites for hydroxylation is 1. The lowest BCUT2D eigenvalue weighted by atomic mass is 9.76. The molecular formula is C26H30FN3O3. The van der Waals surface area contributed by atoms with Crippen LogP contribution >= 0.6 is 0 Å². The van der Waals surface area contributed by atoms with Crippen LogP contribution in [0.5, 0.6) is 5.75 Å².